The Bertz CT molecular complexity index is 521. The molecule has 9 nitrogen and oxygen atoms in total. The monoisotopic (exact) mass is 426 g/mol. The van der Waals surface area contributed by atoms with Crippen molar-refractivity contribution in [1.82, 2.24) is 16.0 Å². The fourth-order valence-corrected chi connectivity index (χ4v) is 2.46. The highest BCUT2D eigenvalue weighted by Gasteiger charge is 2.31. The van der Waals surface area contributed by atoms with Crippen LogP contribution in [0.4, 0.5) is 0 Å². The molecule has 0 aliphatic rings. The lowest BCUT2D eigenvalue weighted by Crippen LogP contribution is -2.59. The average molecular weight is 427 g/mol. The Morgan fingerprint density at radius 3 is 1.73 bits per heavy atom. The number of nitrogens with one attached hydrogen (secondary N) is 3. The highest BCUT2D eigenvalue weighted by atomic mass is 32.1. The SMILES string of the molecule is CC(C)C(NC(=O)C(CS)NC(=O)C(N)CS)C(=O)NC(CS)C(=O)O. The van der Waals surface area contributed by atoms with Crippen LogP contribution in [0.3, 0.4) is 0 Å². The molecule has 0 saturated heterocycles. The summed E-state index contributed by atoms with van der Waals surface area (Å²) in [5, 5.41) is 16.2. The van der Waals surface area contributed by atoms with E-state index >= 15 is 0 Å². The smallest absolute Gasteiger partial charge is 0.327 e. The number of aliphatic carboxylic acids is 1. The van der Waals surface area contributed by atoms with Crippen LogP contribution in [-0.2, 0) is 19.2 Å². The van der Waals surface area contributed by atoms with E-state index in [0.717, 1.165) is 0 Å². The minimum atomic E-state index is -1.23. The van der Waals surface area contributed by atoms with Crippen molar-refractivity contribution in [2.45, 2.75) is 38.0 Å². The fourth-order valence-electron chi connectivity index (χ4n) is 1.79. The molecule has 0 aromatic carbocycles. The van der Waals surface area contributed by atoms with E-state index in [1.54, 1.807) is 13.8 Å². The Labute approximate surface area is 168 Å². The Morgan fingerprint density at radius 1 is 0.846 bits per heavy atom. The van der Waals surface area contributed by atoms with Gasteiger partial charge in [-0.15, -0.1) is 0 Å². The number of rotatable bonds is 11. The molecule has 12 heteroatoms. The molecular formula is C14H26N4O5S3. The van der Waals surface area contributed by atoms with Crippen LogP contribution in [0.25, 0.3) is 0 Å². The summed E-state index contributed by atoms with van der Waals surface area (Å²) < 4.78 is 0. The highest BCUT2D eigenvalue weighted by Crippen LogP contribution is 2.04. The maximum absolute atomic E-state index is 12.4. The number of amides is 3. The lowest BCUT2D eigenvalue weighted by atomic mass is 10.0. The summed E-state index contributed by atoms with van der Waals surface area (Å²) >= 11 is 11.8. The van der Waals surface area contributed by atoms with Gasteiger partial charge in [0.25, 0.3) is 0 Å². The van der Waals surface area contributed by atoms with E-state index in [-0.39, 0.29) is 23.2 Å². The highest BCUT2D eigenvalue weighted by molar-refractivity contribution is 7.80. The largest absolute Gasteiger partial charge is 0.480 e. The molecule has 0 aromatic rings. The molecule has 0 heterocycles. The second-order valence-corrected chi connectivity index (χ2v) is 6.94. The van der Waals surface area contributed by atoms with Gasteiger partial charge in [0.2, 0.25) is 17.7 Å². The Kier molecular flexibility index (Phi) is 11.8. The lowest BCUT2D eigenvalue weighted by molar-refractivity contribution is -0.141. The third-order valence-corrected chi connectivity index (χ3v) is 4.52. The first-order valence-corrected chi connectivity index (χ1v) is 9.70. The normalized spacial score (nSPS) is 15.5. The van der Waals surface area contributed by atoms with E-state index in [9.17, 15) is 19.2 Å². The molecule has 0 spiro atoms. The fraction of sp³-hybridized carbons (Fsp3) is 0.714. The number of nitrogens with two attached hydrogens (primary N) is 1. The van der Waals surface area contributed by atoms with Crippen molar-refractivity contribution in [2.24, 2.45) is 11.7 Å². The molecule has 3 amide bonds. The summed E-state index contributed by atoms with van der Waals surface area (Å²) in [5.41, 5.74) is 5.54. The van der Waals surface area contributed by atoms with Crippen LogP contribution in [0.2, 0.25) is 0 Å². The zero-order chi connectivity index (χ0) is 20.4. The molecule has 0 rings (SSSR count). The number of carbonyl (C=O) groups is 4. The van der Waals surface area contributed by atoms with Crippen molar-refractivity contribution in [3.8, 4) is 0 Å². The molecule has 0 radical (unpaired) electrons. The van der Waals surface area contributed by atoms with Gasteiger partial charge in [0, 0.05) is 17.3 Å². The summed E-state index contributed by atoms with van der Waals surface area (Å²) in [5.74, 6) is -3.44. The average Bonchev–Trinajstić information content (AvgIpc) is 2.59. The van der Waals surface area contributed by atoms with Gasteiger partial charge in [0.15, 0.2) is 0 Å². The summed E-state index contributed by atoms with van der Waals surface area (Å²) in [7, 11) is 0. The Hall–Kier alpha value is -1.11. The number of carboxylic acids is 1. The molecule has 0 bridgehead atoms. The van der Waals surface area contributed by atoms with Crippen molar-refractivity contribution >= 4 is 61.6 Å². The van der Waals surface area contributed by atoms with E-state index in [1.807, 2.05) is 0 Å². The van der Waals surface area contributed by atoms with Gasteiger partial charge in [-0.3, -0.25) is 14.4 Å². The molecular weight excluding hydrogens is 400 g/mol. The molecule has 0 aliphatic heterocycles. The van der Waals surface area contributed by atoms with Crippen LogP contribution in [0, 0.1) is 5.92 Å². The zero-order valence-corrected chi connectivity index (χ0v) is 17.2. The summed E-state index contributed by atoms with van der Waals surface area (Å²) in [6.45, 7) is 3.37. The van der Waals surface area contributed by atoms with Crippen molar-refractivity contribution in [3.05, 3.63) is 0 Å². The van der Waals surface area contributed by atoms with Gasteiger partial charge in [-0.2, -0.15) is 37.9 Å². The number of carboxylic acid groups (broad SMARTS) is 1. The van der Waals surface area contributed by atoms with Gasteiger partial charge in [-0.25, -0.2) is 4.79 Å². The molecule has 6 N–H and O–H groups in total. The van der Waals surface area contributed by atoms with Gasteiger partial charge >= 0.3 is 5.97 Å². The number of carbonyl (C=O) groups excluding carboxylic acids is 3. The van der Waals surface area contributed by atoms with Crippen LogP contribution in [0.5, 0.6) is 0 Å². The molecule has 0 fully saturated rings. The Morgan fingerprint density at radius 2 is 1.35 bits per heavy atom. The van der Waals surface area contributed by atoms with Gasteiger partial charge in [-0.1, -0.05) is 13.8 Å². The van der Waals surface area contributed by atoms with E-state index in [1.165, 1.54) is 0 Å². The second-order valence-electron chi connectivity index (χ2n) is 5.85. The van der Waals surface area contributed by atoms with Crippen LogP contribution in [-0.4, -0.2) is 70.2 Å². The molecule has 0 saturated carbocycles. The van der Waals surface area contributed by atoms with E-state index in [2.05, 4.69) is 53.8 Å². The van der Waals surface area contributed by atoms with Crippen molar-refractivity contribution in [1.29, 1.82) is 0 Å². The summed E-state index contributed by atoms with van der Waals surface area (Å²) in [4.78, 5) is 47.5. The van der Waals surface area contributed by atoms with Gasteiger partial charge in [0.1, 0.15) is 18.1 Å². The minimum Gasteiger partial charge on any atom is -0.480 e. The molecule has 0 aliphatic carbocycles. The van der Waals surface area contributed by atoms with E-state index in [4.69, 9.17) is 10.8 Å². The van der Waals surface area contributed by atoms with Crippen LogP contribution >= 0.6 is 37.9 Å². The third-order valence-electron chi connectivity index (χ3n) is 3.39. The second kappa shape index (κ2) is 12.3. The predicted octanol–water partition coefficient (Wildman–Crippen LogP) is -1.70. The number of hydrogen-bond acceptors (Lipinski definition) is 8. The first-order chi connectivity index (χ1) is 12.1. The van der Waals surface area contributed by atoms with Gasteiger partial charge in [0.05, 0.1) is 6.04 Å². The number of hydrogen-bond donors (Lipinski definition) is 8. The van der Waals surface area contributed by atoms with Gasteiger partial charge in [-0.05, 0) is 5.92 Å². The Balaban J connectivity index is 5.06. The maximum atomic E-state index is 12.4. The standard InChI is InChI=1S/C14H26N4O5S3/c1-6(2)10(13(21)17-9(5-26)14(22)23)18-12(20)8(4-25)16-11(19)7(15)3-24/h6-10,24-26H,3-5,15H2,1-2H3,(H,16,19)(H,17,21)(H,18,20)(H,22,23). The number of thiol groups is 3. The molecule has 4 unspecified atom stereocenters. The lowest BCUT2D eigenvalue weighted by Gasteiger charge is -2.26. The minimum absolute atomic E-state index is 0.0162. The van der Waals surface area contributed by atoms with Crippen molar-refractivity contribution < 1.29 is 24.3 Å². The quantitative estimate of drug-likeness (QED) is 0.185. The molecule has 150 valence electrons. The first-order valence-electron chi connectivity index (χ1n) is 7.81. The van der Waals surface area contributed by atoms with Crippen LogP contribution in [0.15, 0.2) is 0 Å². The van der Waals surface area contributed by atoms with Crippen LogP contribution < -0.4 is 21.7 Å². The first kappa shape index (κ1) is 24.9. The molecule has 4 atom stereocenters. The van der Waals surface area contributed by atoms with E-state index in [0.29, 0.717) is 0 Å². The van der Waals surface area contributed by atoms with Crippen molar-refractivity contribution in [2.75, 3.05) is 17.3 Å². The predicted molar refractivity (Wildman–Crippen MR) is 108 cm³/mol. The summed E-state index contributed by atoms with van der Waals surface area (Å²) in [6.07, 6.45) is 0. The van der Waals surface area contributed by atoms with Crippen LogP contribution in [0.1, 0.15) is 13.8 Å². The molecule has 26 heavy (non-hydrogen) atoms. The third kappa shape index (κ3) is 8.06. The maximum Gasteiger partial charge on any atom is 0.327 e. The molecule has 0 aromatic heterocycles. The van der Waals surface area contributed by atoms with E-state index < -0.39 is 47.9 Å². The topological polar surface area (TPSA) is 151 Å². The zero-order valence-electron chi connectivity index (χ0n) is 14.5. The van der Waals surface area contributed by atoms with Gasteiger partial charge < -0.3 is 26.8 Å². The summed E-state index contributed by atoms with van der Waals surface area (Å²) in [6, 6.07) is -4.07. The van der Waals surface area contributed by atoms with Crippen molar-refractivity contribution in [3.63, 3.8) is 0 Å².